The summed E-state index contributed by atoms with van der Waals surface area (Å²) in [4.78, 5) is 11.1. The second-order valence-electron chi connectivity index (χ2n) is 2.87. The summed E-state index contributed by atoms with van der Waals surface area (Å²) in [6.45, 7) is 6.93. The second kappa shape index (κ2) is 5.75. The SMILES string of the molecule is CCOC(=O)CSc1nnc(C)n1CC. The lowest BCUT2D eigenvalue weighted by molar-refractivity contribution is -0.139. The first-order valence-corrected chi connectivity index (χ1v) is 5.85. The molecule has 1 heterocycles. The van der Waals surface area contributed by atoms with Crippen molar-refractivity contribution in [2.45, 2.75) is 32.5 Å². The van der Waals surface area contributed by atoms with Crippen molar-refractivity contribution in [3.8, 4) is 0 Å². The number of thioether (sulfide) groups is 1. The Kier molecular flexibility index (Phi) is 4.61. The van der Waals surface area contributed by atoms with Crippen LogP contribution in [0, 0.1) is 6.92 Å². The molecule has 15 heavy (non-hydrogen) atoms. The van der Waals surface area contributed by atoms with E-state index in [4.69, 9.17) is 4.74 Å². The molecule has 0 aliphatic heterocycles. The molecular formula is C9H15N3O2S. The zero-order chi connectivity index (χ0) is 11.3. The molecule has 0 radical (unpaired) electrons. The van der Waals surface area contributed by atoms with Gasteiger partial charge in [0.2, 0.25) is 0 Å². The molecule has 1 aromatic heterocycles. The van der Waals surface area contributed by atoms with Crippen LogP contribution in [0.3, 0.4) is 0 Å². The van der Waals surface area contributed by atoms with Gasteiger partial charge in [-0.25, -0.2) is 0 Å². The van der Waals surface area contributed by atoms with Gasteiger partial charge >= 0.3 is 5.97 Å². The summed E-state index contributed by atoms with van der Waals surface area (Å²) in [7, 11) is 0. The van der Waals surface area contributed by atoms with Gasteiger partial charge in [-0.05, 0) is 20.8 Å². The Bertz CT molecular complexity index is 338. The van der Waals surface area contributed by atoms with E-state index >= 15 is 0 Å². The maximum atomic E-state index is 11.1. The molecule has 1 aromatic rings. The zero-order valence-corrected chi connectivity index (χ0v) is 10.0. The Morgan fingerprint density at radius 1 is 1.47 bits per heavy atom. The summed E-state index contributed by atoms with van der Waals surface area (Å²) in [5.41, 5.74) is 0. The summed E-state index contributed by atoms with van der Waals surface area (Å²) in [5.74, 6) is 0.932. The number of carbonyl (C=O) groups excluding carboxylic acids is 1. The third-order valence-corrected chi connectivity index (χ3v) is 2.78. The zero-order valence-electron chi connectivity index (χ0n) is 9.19. The first-order valence-electron chi connectivity index (χ1n) is 4.87. The summed E-state index contributed by atoms with van der Waals surface area (Å²) < 4.78 is 6.79. The highest BCUT2D eigenvalue weighted by Gasteiger charge is 2.10. The number of aryl methyl sites for hydroxylation is 1. The van der Waals surface area contributed by atoms with Gasteiger partial charge in [0.1, 0.15) is 5.82 Å². The van der Waals surface area contributed by atoms with Gasteiger partial charge in [-0.3, -0.25) is 4.79 Å². The van der Waals surface area contributed by atoms with Crippen LogP contribution >= 0.6 is 11.8 Å². The molecule has 0 aliphatic carbocycles. The number of hydrogen-bond donors (Lipinski definition) is 0. The van der Waals surface area contributed by atoms with Crippen molar-refractivity contribution in [2.75, 3.05) is 12.4 Å². The lowest BCUT2D eigenvalue weighted by atomic mass is 10.6. The van der Waals surface area contributed by atoms with Crippen LogP contribution in [-0.2, 0) is 16.1 Å². The lowest BCUT2D eigenvalue weighted by Gasteiger charge is -2.04. The van der Waals surface area contributed by atoms with E-state index in [0.29, 0.717) is 6.61 Å². The lowest BCUT2D eigenvalue weighted by Crippen LogP contribution is -2.08. The fraction of sp³-hybridized carbons (Fsp3) is 0.667. The standard InChI is InChI=1S/C9H15N3O2S/c1-4-12-7(3)10-11-9(12)15-6-8(13)14-5-2/h4-6H2,1-3H3. The van der Waals surface area contributed by atoms with Crippen molar-refractivity contribution in [3.05, 3.63) is 5.82 Å². The fourth-order valence-corrected chi connectivity index (χ4v) is 2.00. The molecule has 0 saturated heterocycles. The molecule has 1 rings (SSSR count). The van der Waals surface area contributed by atoms with Crippen molar-refractivity contribution < 1.29 is 9.53 Å². The van der Waals surface area contributed by atoms with Gasteiger partial charge in [0, 0.05) is 6.54 Å². The molecule has 0 N–H and O–H groups in total. The molecule has 6 heteroatoms. The largest absolute Gasteiger partial charge is 0.465 e. The van der Waals surface area contributed by atoms with Crippen LogP contribution in [0.5, 0.6) is 0 Å². The molecule has 5 nitrogen and oxygen atoms in total. The molecule has 0 bridgehead atoms. The highest BCUT2D eigenvalue weighted by atomic mass is 32.2. The van der Waals surface area contributed by atoms with E-state index in [1.165, 1.54) is 11.8 Å². The second-order valence-corrected chi connectivity index (χ2v) is 3.81. The monoisotopic (exact) mass is 229 g/mol. The smallest absolute Gasteiger partial charge is 0.316 e. The first-order chi connectivity index (χ1) is 7.19. The Morgan fingerprint density at radius 2 is 2.20 bits per heavy atom. The van der Waals surface area contributed by atoms with E-state index in [1.54, 1.807) is 6.92 Å². The third-order valence-electron chi connectivity index (χ3n) is 1.84. The third kappa shape index (κ3) is 3.23. The average Bonchev–Trinajstić information content (AvgIpc) is 2.56. The number of nitrogens with zero attached hydrogens (tertiary/aromatic N) is 3. The minimum absolute atomic E-state index is 0.217. The molecule has 0 aromatic carbocycles. The first kappa shape index (κ1) is 12.0. The predicted molar refractivity (Wildman–Crippen MR) is 57.8 cm³/mol. The maximum absolute atomic E-state index is 11.1. The minimum Gasteiger partial charge on any atom is -0.465 e. The number of hydrogen-bond acceptors (Lipinski definition) is 5. The fourth-order valence-electron chi connectivity index (χ4n) is 1.16. The van der Waals surface area contributed by atoms with Gasteiger partial charge in [-0.1, -0.05) is 11.8 Å². The van der Waals surface area contributed by atoms with Crippen molar-refractivity contribution in [2.24, 2.45) is 0 Å². The van der Waals surface area contributed by atoms with Crippen LogP contribution < -0.4 is 0 Å². The van der Waals surface area contributed by atoms with E-state index in [9.17, 15) is 4.79 Å². The quantitative estimate of drug-likeness (QED) is 0.562. The van der Waals surface area contributed by atoms with Crippen LogP contribution in [0.2, 0.25) is 0 Å². The molecule has 0 aliphatic rings. The molecule has 0 unspecified atom stereocenters. The average molecular weight is 229 g/mol. The van der Waals surface area contributed by atoms with Crippen molar-refractivity contribution in [3.63, 3.8) is 0 Å². The summed E-state index contributed by atoms with van der Waals surface area (Å²) in [6, 6.07) is 0. The minimum atomic E-state index is -0.217. The van der Waals surface area contributed by atoms with Gasteiger partial charge in [0.05, 0.1) is 12.4 Å². The number of ether oxygens (including phenoxy) is 1. The van der Waals surface area contributed by atoms with E-state index in [2.05, 4.69) is 10.2 Å². The Hall–Kier alpha value is -1.04. The molecule has 0 saturated carbocycles. The summed E-state index contributed by atoms with van der Waals surface area (Å²) in [5, 5.41) is 8.70. The molecule has 0 amide bonds. The van der Waals surface area contributed by atoms with E-state index < -0.39 is 0 Å². The Labute approximate surface area is 93.2 Å². The number of carbonyl (C=O) groups is 1. The van der Waals surface area contributed by atoms with Crippen LogP contribution in [0.15, 0.2) is 5.16 Å². The molecule has 0 fully saturated rings. The van der Waals surface area contributed by atoms with Crippen molar-refractivity contribution >= 4 is 17.7 Å². The highest BCUT2D eigenvalue weighted by Crippen LogP contribution is 2.16. The number of rotatable bonds is 5. The molecule has 0 atom stereocenters. The Balaban J connectivity index is 2.53. The van der Waals surface area contributed by atoms with Gasteiger partial charge < -0.3 is 9.30 Å². The summed E-state index contributed by atoms with van der Waals surface area (Å²) in [6.07, 6.45) is 0. The van der Waals surface area contributed by atoms with Crippen LogP contribution in [0.1, 0.15) is 19.7 Å². The van der Waals surface area contributed by atoms with Gasteiger partial charge in [0.25, 0.3) is 0 Å². The van der Waals surface area contributed by atoms with Crippen LogP contribution in [0.4, 0.5) is 0 Å². The van der Waals surface area contributed by atoms with Gasteiger partial charge in [-0.15, -0.1) is 10.2 Å². The van der Waals surface area contributed by atoms with Crippen LogP contribution in [0.25, 0.3) is 0 Å². The van der Waals surface area contributed by atoms with Gasteiger partial charge in [0.15, 0.2) is 5.16 Å². The molecule has 0 spiro atoms. The topological polar surface area (TPSA) is 57.0 Å². The van der Waals surface area contributed by atoms with Gasteiger partial charge in [-0.2, -0.15) is 0 Å². The number of aromatic nitrogens is 3. The Morgan fingerprint density at radius 3 is 2.80 bits per heavy atom. The van der Waals surface area contributed by atoms with E-state index in [1.807, 2.05) is 18.4 Å². The van der Waals surface area contributed by atoms with Crippen LogP contribution in [-0.4, -0.2) is 33.1 Å². The van der Waals surface area contributed by atoms with Crippen molar-refractivity contribution in [1.82, 2.24) is 14.8 Å². The predicted octanol–water partition coefficient (Wildman–Crippen LogP) is 1.26. The maximum Gasteiger partial charge on any atom is 0.316 e. The normalized spacial score (nSPS) is 10.3. The molecule has 84 valence electrons. The van der Waals surface area contributed by atoms with E-state index in [0.717, 1.165) is 17.5 Å². The molecular weight excluding hydrogens is 214 g/mol. The highest BCUT2D eigenvalue weighted by molar-refractivity contribution is 7.99. The number of esters is 1. The van der Waals surface area contributed by atoms with Crippen molar-refractivity contribution in [1.29, 1.82) is 0 Å². The van der Waals surface area contributed by atoms with E-state index in [-0.39, 0.29) is 11.7 Å². The summed E-state index contributed by atoms with van der Waals surface area (Å²) >= 11 is 1.36.